The topological polar surface area (TPSA) is 92.4 Å². The third-order valence-electron chi connectivity index (χ3n) is 5.09. The van der Waals surface area contributed by atoms with Crippen LogP contribution in [-0.2, 0) is 0 Å². The summed E-state index contributed by atoms with van der Waals surface area (Å²) in [6, 6.07) is 16.3. The van der Waals surface area contributed by atoms with Crippen molar-refractivity contribution in [1.29, 1.82) is 0 Å². The number of rotatable bonds is 4. The van der Waals surface area contributed by atoms with Crippen LogP contribution in [0.5, 0.6) is 0 Å². The molecule has 0 atom stereocenters. The van der Waals surface area contributed by atoms with Gasteiger partial charge in [-0.2, -0.15) is 0 Å². The molecule has 0 bridgehead atoms. The highest BCUT2D eigenvalue weighted by molar-refractivity contribution is 5.86. The lowest BCUT2D eigenvalue weighted by Gasteiger charge is -2.35. The number of nitrogens with zero attached hydrogens (tertiary/aromatic N) is 4. The fourth-order valence-electron chi connectivity index (χ4n) is 3.53. The Balaban J connectivity index is 1.55. The Bertz CT molecular complexity index is 984. The van der Waals surface area contributed by atoms with Gasteiger partial charge in [0.15, 0.2) is 0 Å². The zero-order valence-electron chi connectivity index (χ0n) is 14.8. The van der Waals surface area contributed by atoms with Gasteiger partial charge in [0.1, 0.15) is 5.60 Å². The summed E-state index contributed by atoms with van der Waals surface area (Å²) in [7, 11) is 0. The zero-order valence-corrected chi connectivity index (χ0v) is 14.8. The van der Waals surface area contributed by atoms with E-state index in [0.29, 0.717) is 31.9 Å². The van der Waals surface area contributed by atoms with Crippen molar-refractivity contribution in [2.45, 2.75) is 18.4 Å². The molecule has 7 nitrogen and oxygen atoms in total. The monoisotopic (exact) mass is 364 g/mol. The van der Waals surface area contributed by atoms with Gasteiger partial charge in [-0.15, -0.1) is 0 Å². The Morgan fingerprint density at radius 1 is 1.11 bits per heavy atom. The molecule has 138 valence electrons. The quantitative estimate of drug-likeness (QED) is 0.565. The predicted molar refractivity (Wildman–Crippen MR) is 103 cm³/mol. The normalized spacial score (nSPS) is 16.4. The van der Waals surface area contributed by atoms with Gasteiger partial charge >= 0.3 is 0 Å². The van der Waals surface area contributed by atoms with Crippen LogP contribution in [0.4, 0.5) is 5.95 Å². The Morgan fingerprint density at radius 2 is 1.85 bits per heavy atom. The fraction of sp³-hybridized carbons (Fsp3) is 0.300. The van der Waals surface area contributed by atoms with Crippen molar-refractivity contribution in [3.05, 3.63) is 64.8 Å². The summed E-state index contributed by atoms with van der Waals surface area (Å²) in [6.45, 7) is 0.565. The number of nitro groups is 1. The number of aliphatic hydroxyl groups is 1. The molecule has 2 heterocycles. The average Bonchev–Trinajstić information content (AvgIpc) is 2.67. The predicted octanol–water partition coefficient (Wildman–Crippen LogP) is 2.90. The molecule has 4 rings (SSSR count). The van der Waals surface area contributed by atoms with Crippen molar-refractivity contribution in [3.63, 3.8) is 0 Å². The van der Waals surface area contributed by atoms with Crippen LogP contribution in [0.15, 0.2) is 54.7 Å². The van der Waals surface area contributed by atoms with Crippen molar-refractivity contribution in [3.8, 4) is 11.3 Å². The van der Waals surface area contributed by atoms with E-state index in [2.05, 4.69) is 34.2 Å². The van der Waals surface area contributed by atoms with E-state index in [0.717, 1.165) is 16.6 Å². The standard InChI is InChI=1S/C20H20N4O3/c25-20(14-24(26)27)8-11-23(12-9-20)19-21-10-7-18(22-19)17-6-5-15-3-1-2-4-16(15)13-17/h1-7,10,13,25H,8-9,11-12,14H2. The lowest BCUT2D eigenvalue weighted by Crippen LogP contribution is -2.48. The number of fused-ring (bicyclic) bond motifs is 1. The highest BCUT2D eigenvalue weighted by Crippen LogP contribution is 2.27. The maximum Gasteiger partial charge on any atom is 0.232 e. The summed E-state index contributed by atoms with van der Waals surface area (Å²) in [4.78, 5) is 21.3. The fourth-order valence-corrected chi connectivity index (χ4v) is 3.53. The van der Waals surface area contributed by atoms with Gasteiger partial charge in [0.05, 0.1) is 5.69 Å². The number of benzene rings is 2. The van der Waals surface area contributed by atoms with Crippen molar-refractivity contribution in [2.24, 2.45) is 0 Å². The second-order valence-electron chi connectivity index (χ2n) is 7.01. The number of hydrogen-bond acceptors (Lipinski definition) is 6. The summed E-state index contributed by atoms with van der Waals surface area (Å²) in [5, 5.41) is 23.4. The molecule has 0 saturated carbocycles. The molecule has 2 aromatic carbocycles. The summed E-state index contributed by atoms with van der Waals surface area (Å²) in [5.41, 5.74) is 0.603. The van der Waals surface area contributed by atoms with Crippen molar-refractivity contribution in [2.75, 3.05) is 24.5 Å². The highest BCUT2D eigenvalue weighted by atomic mass is 16.6. The lowest BCUT2D eigenvalue weighted by atomic mass is 9.92. The minimum absolute atomic E-state index is 0.331. The Morgan fingerprint density at radius 3 is 2.59 bits per heavy atom. The van der Waals surface area contributed by atoms with Crippen molar-refractivity contribution < 1.29 is 10.0 Å². The van der Waals surface area contributed by atoms with Gasteiger partial charge in [-0.05, 0) is 22.9 Å². The number of hydrogen-bond donors (Lipinski definition) is 1. The van der Waals surface area contributed by atoms with Crippen LogP contribution in [0.25, 0.3) is 22.0 Å². The summed E-state index contributed by atoms with van der Waals surface area (Å²) in [6.07, 6.45) is 2.39. The molecular formula is C20H20N4O3. The van der Waals surface area contributed by atoms with Crippen LogP contribution < -0.4 is 4.90 Å². The molecule has 0 amide bonds. The molecule has 1 aliphatic heterocycles. The molecule has 1 saturated heterocycles. The summed E-state index contributed by atoms with van der Waals surface area (Å²) in [5.74, 6) is 0.587. The number of anilines is 1. The molecule has 0 radical (unpaired) electrons. The van der Waals surface area contributed by atoms with Gasteiger partial charge in [-0.25, -0.2) is 9.97 Å². The van der Waals surface area contributed by atoms with Gasteiger partial charge in [-0.1, -0.05) is 36.4 Å². The third-order valence-corrected chi connectivity index (χ3v) is 5.09. The molecular weight excluding hydrogens is 344 g/mol. The smallest absolute Gasteiger partial charge is 0.232 e. The minimum Gasteiger partial charge on any atom is -0.383 e. The highest BCUT2D eigenvalue weighted by Gasteiger charge is 2.37. The first-order valence-electron chi connectivity index (χ1n) is 8.94. The minimum atomic E-state index is -1.24. The number of piperidine rings is 1. The molecule has 0 spiro atoms. The van der Waals surface area contributed by atoms with E-state index in [9.17, 15) is 15.2 Å². The molecule has 1 aromatic heterocycles. The first-order valence-corrected chi connectivity index (χ1v) is 8.94. The zero-order chi connectivity index (χ0) is 18.9. The van der Waals surface area contributed by atoms with Gasteiger partial charge in [0, 0.05) is 42.6 Å². The molecule has 1 aliphatic rings. The van der Waals surface area contributed by atoms with E-state index >= 15 is 0 Å². The van der Waals surface area contributed by atoms with Crippen LogP contribution >= 0.6 is 0 Å². The molecule has 3 aromatic rings. The second-order valence-corrected chi connectivity index (χ2v) is 7.01. The van der Waals surface area contributed by atoms with Crippen LogP contribution in [0.3, 0.4) is 0 Å². The van der Waals surface area contributed by atoms with Crippen LogP contribution in [0.2, 0.25) is 0 Å². The summed E-state index contributed by atoms with van der Waals surface area (Å²) < 4.78 is 0. The van der Waals surface area contributed by atoms with Gasteiger partial charge in [0.2, 0.25) is 12.5 Å². The maximum atomic E-state index is 10.7. The largest absolute Gasteiger partial charge is 0.383 e. The summed E-state index contributed by atoms with van der Waals surface area (Å²) >= 11 is 0. The SMILES string of the molecule is O=[N+]([O-])CC1(O)CCN(c2nccc(-c3ccc4ccccc4c3)n2)CC1. The van der Waals surface area contributed by atoms with E-state index in [1.807, 2.05) is 29.2 Å². The maximum absolute atomic E-state index is 10.7. The van der Waals surface area contributed by atoms with E-state index < -0.39 is 17.1 Å². The Hall–Kier alpha value is -3.06. The van der Waals surface area contributed by atoms with Crippen LogP contribution in [0, 0.1) is 10.1 Å². The molecule has 27 heavy (non-hydrogen) atoms. The van der Waals surface area contributed by atoms with E-state index in [1.54, 1.807) is 6.20 Å². The average molecular weight is 364 g/mol. The van der Waals surface area contributed by atoms with E-state index in [4.69, 9.17) is 0 Å². The van der Waals surface area contributed by atoms with Crippen molar-refractivity contribution >= 4 is 16.7 Å². The first kappa shape index (κ1) is 17.4. The van der Waals surface area contributed by atoms with E-state index in [1.165, 1.54) is 5.39 Å². The lowest BCUT2D eigenvalue weighted by molar-refractivity contribution is -0.501. The van der Waals surface area contributed by atoms with Crippen LogP contribution in [-0.4, -0.2) is 45.2 Å². The van der Waals surface area contributed by atoms with E-state index in [-0.39, 0.29) is 0 Å². The number of aromatic nitrogens is 2. The van der Waals surface area contributed by atoms with Crippen molar-refractivity contribution in [1.82, 2.24) is 9.97 Å². The molecule has 0 unspecified atom stereocenters. The van der Waals surface area contributed by atoms with Gasteiger partial charge in [-0.3, -0.25) is 10.1 Å². The molecule has 7 heteroatoms. The van der Waals surface area contributed by atoms with Gasteiger partial charge in [0.25, 0.3) is 0 Å². The Labute approximate surface area is 156 Å². The first-order chi connectivity index (χ1) is 13.0. The molecule has 0 aliphatic carbocycles. The Kier molecular flexibility index (Phi) is 4.45. The third kappa shape index (κ3) is 3.73. The second kappa shape index (κ2) is 6.92. The molecule has 1 fully saturated rings. The molecule has 1 N–H and O–H groups in total. The van der Waals surface area contributed by atoms with Crippen LogP contribution in [0.1, 0.15) is 12.8 Å². The van der Waals surface area contributed by atoms with Gasteiger partial charge < -0.3 is 10.0 Å².